The molecule has 0 aliphatic rings. The van der Waals surface area contributed by atoms with Crippen molar-refractivity contribution in [1.29, 1.82) is 0 Å². The second kappa shape index (κ2) is 6.16. The molecule has 0 fully saturated rings. The van der Waals surface area contributed by atoms with Crippen LogP contribution in [0.15, 0.2) is 77.9 Å². The van der Waals surface area contributed by atoms with Crippen molar-refractivity contribution in [1.82, 2.24) is 19.9 Å². The minimum atomic E-state index is 0.736. The van der Waals surface area contributed by atoms with E-state index in [0.29, 0.717) is 0 Å². The number of nitrogens with zero attached hydrogens (tertiary/aromatic N) is 4. The van der Waals surface area contributed by atoms with Crippen LogP contribution >= 0.6 is 11.3 Å². The minimum absolute atomic E-state index is 0.736. The Morgan fingerprint density at radius 2 is 1.88 bits per heavy atom. The zero-order valence-corrected chi connectivity index (χ0v) is 14.4. The lowest BCUT2D eigenvalue weighted by molar-refractivity contribution is 0.615. The van der Waals surface area contributed by atoms with Crippen LogP contribution in [-0.2, 0) is 0 Å². The van der Waals surface area contributed by atoms with Crippen LogP contribution < -0.4 is 0 Å². The van der Waals surface area contributed by atoms with Crippen molar-refractivity contribution in [2.45, 2.75) is 0 Å². The second-order valence-corrected chi connectivity index (χ2v) is 6.71. The van der Waals surface area contributed by atoms with Crippen LogP contribution in [0.4, 0.5) is 0 Å². The monoisotopic (exact) mass is 356 g/mol. The van der Waals surface area contributed by atoms with Gasteiger partial charge < -0.3 is 4.42 Å². The summed E-state index contributed by atoms with van der Waals surface area (Å²) in [4.78, 5) is 18.9. The molecule has 5 aromatic rings. The number of pyridine rings is 3. The van der Waals surface area contributed by atoms with Crippen molar-refractivity contribution in [3.8, 4) is 32.5 Å². The first kappa shape index (κ1) is 14.9. The van der Waals surface area contributed by atoms with E-state index in [2.05, 4.69) is 15.0 Å². The van der Waals surface area contributed by atoms with Gasteiger partial charge >= 0.3 is 0 Å². The number of hydrogen-bond acceptors (Lipinski definition) is 6. The van der Waals surface area contributed by atoms with Crippen molar-refractivity contribution >= 4 is 22.3 Å². The van der Waals surface area contributed by atoms with Gasteiger partial charge in [-0.05, 0) is 36.4 Å². The number of hydrogen-bond donors (Lipinski definition) is 0. The number of rotatable bonds is 3. The molecule has 5 rings (SSSR count). The minimum Gasteiger partial charge on any atom is -0.462 e. The zero-order valence-electron chi connectivity index (χ0n) is 13.5. The fraction of sp³-hybridized carbons (Fsp3) is 0. The quantitative estimate of drug-likeness (QED) is 0.451. The molecule has 0 unspecified atom stereocenters. The summed E-state index contributed by atoms with van der Waals surface area (Å²) < 4.78 is 5.65. The summed E-state index contributed by atoms with van der Waals surface area (Å²) >= 11 is 1.59. The summed E-state index contributed by atoms with van der Waals surface area (Å²) in [5, 5.41) is 1.91. The van der Waals surface area contributed by atoms with Gasteiger partial charge in [0, 0.05) is 35.7 Å². The molecule has 124 valence electrons. The highest BCUT2D eigenvalue weighted by Gasteiger charge is 2.15. The van der Waals surface area contributed by atoms with Gasteiger partial charge in [-0.15, -0.1) is 11.3 Å². The third-order valence-electron chi connectivity index (χ3n) is 4.01. The SMILES string of the molecule is c1ccc(-c2nc(-c3cnc(-c4cccnc4)s3)cc3ccoc23)nc1. The molecule has 5 aromatic heterocycles. The van der Waals surface area contributed by atoms with Gasteiger partial charge in [0.25, 0.3) is 0 Å². The largest absolute Gasteiger partial charge is 0.462 e. The van der Waals surface area contributed by atoms with Gasteiger partial charge in [0.05, 0.1) is 22.5 Å². The lowest BCUT2D eigenvalue weighted by Gasteiger charge is -2.04. The summed E-state index contributed by atoms with van der Waals surface area (Å²) in [5.41, 5.74) is 4.11. The molecule has 6 heteroatoms. The van der Waals surface area contributed by atoms with Gasteiger partial charge in [-0.3, -0.25) is 9.97 Å². The number of thiazole rings is 1. The Labute approximate surface area is 153 Å². The molecular weight excluding hydrogens is 344 g/mol. The highest BCUT2D eigenvalue weighted by molar-refractivity contribution is 7.18. The third kappa shape index (κ3) is 2.57. The molecule has 5 nitrogen and oxygen atoms in total. The molecule has 0 radical (unpaired) electrons. The predicted molar refractivity (Wildman–Crippen MR) is 102 cm³/mol. The van der Waals surface area contributed by atoms with E-state index in [-0.39, 0.29) is 0 Å². The number of aromatic nitrogens is 4. The summed E-state index contributed by atoms with van der Waals surface area (Å²) in [7, 11) is 0. The number of fused-ring (bicyclic) bond motifs is 1. The van der Waals surface area contributed by atoms with Gasteiger partial charge in [0.2, 0.25) is 0 Å². The Balaban J connectivity index is 1.65. The fourth-order valence-electron chi connectivity index (χ4n) is 2.79. The molecule has 0 aromatic carbocycles. The molecule has 0 aliphatic carbocycles. The van der Waals surface area contributed by atoms with E-state index in [4.69, 9.17) is 9.40 Å². The van der Waals surface area contributed by atoms with Gasteiger partial charge in [0.15, 0.2) is 5.58 Å². The Bertz CT molecular complexity index is 1180. The van der Waals surface area contributed by atoms with Crippen LogP contribution in [0.3, 0.4) is 0 Å². The van der Waals surface area contributed by atoms with Gasteiger partial charge in [-0.25, -0.2) is 9.97 Å². The molecule has 0 saturated heterocycles. The highest BCUT2D eigenvalue weighted by atomic mass is 32.1. The van der Waals surface area contributed by atoms with Crippen LogP contribution in [0, 0.1) is 0 Å². The Kier molecular flexibility index (Phi) is 3.54. The van der Waals surface area contributed by atoms with E-state index in [1.807, 2.05) is 54.9 Å². The molecule has 5 heterocycles. The summed E-state index contributed by atoms with van der Waals surface area (Å²) in [6.45, 7) is 0. The first-order valence-corrected chi connectivity index (χ1v) is 8.86. The van der Waals surface area contributed by atoms with E-state index >= 15 is 0 Å². The third-order valence-corrected chi connectivity index (χ3v) is 5.08. The van der Waals surface area contributed by atoms with E-state index < -0.39 is 0 Å². The topological polar surface area (TPSA) is 64.7 Å². The Morgan fingerprint density at radius 3 is 2.73 bits per heavy atom. The van der Waals surface area contributed by atoms with Crippen molar-refractivity contribution in [3.63, 3.8) is 0 Å². The van der Waals surface area contributed by atoms with E-state index in [9.17, 15) is 0 Å². The smallest absolute Gasteiger partial charge is 0.161 e. The maximum Gasteiger partial charge on any atom is 0.161 e. The normalized spacial score (nSPS) is 11.1. The van der Waals surface area contributed by atoms with Crippen molar-refractivity contribution in [2.24, 2.45) is 0 Å². The molecule has 0 aliphatic heterocycles. The average Bonchev–Trinajstić information content (AvgIpc) is 3.38. The van der Waals surface area contributed by atoms with Crippen molar-refractivity contribution in [2.75, 3.05) is 0 Å². The molecule has 0 atom stereocenters. The predicted octanol–water partition coefficient (Wildman–Crippen LogP) is 5.08. The lowest BCUT2D eigenvalue weighted by atomic mass is 10.1. The number of furan rings is 1. The fourth-order valence-corrected chi connectivity index (χ4v) is 3.66. The van der Waals surface area contributed by atoms with Crippen LogP contribution in [0.5, 0.6) is 0 Å². The van der Waals surface area contributed by atoms with Crippen LogP contribution in [0.1, 0.15) is 0 Å². The Morgan fingerprint density at radius 1 is 0.885 bits per heavy atom. The van der Waals surface area contributed by atoms with Crippen molar-refractivity contribution in [3.05, 3.63) is 73.5 Å². The first-order chi connectivity index (χ1) is 12.9. The summed E-state index contributed by atoms with van der Waals surface area (Å²) in [6, 6.07) is 13.6. The van der Waals surface area contributed by atoms with Crippen molar-refractivity contribution < 1.29 is 4.42 Å². The second-order valence-electron chi connectivity index (χ2n) is 5.68. The zero-order chi connectivity index (χ0) is 17.3. The molecule has 0 spiro atoms. The van der Waals surface area contributed by atoms with Gasteiger partial charge in [-0.1, -0.05) is 6.07 Å². The van der Waals surface area contributed by atoms with Crippen LogP contribution in [-0.4, -0.2) is 19.9 Å². The van der Waals surface area contributed by atoms with Crippen LogP contribution in [0.2, 0.25) is 0 Å². The van der Waals surface area contributed by atoms with E-state index in [0.717, 1.165) is 43.5 Å². The Hall–Kier alpha value is -3.38. The molecule has 0 bridgehead atoms. The molecule has 0 saturated carbocycles. The summed E-state index contributed by atoms with van der Waals surface area (Å²) in [5.74, 6) is 0. The van der Waals surface area contributed by atoms with E-state index in [1.165, 1.54) is 0 Å². The standard InChI is InChI=1S/C20H12N4OS/c1-2-8-22-15(5-1)18-19-13(6-9-25-19)10-16(24-18)17-12-23-20(26-17)14-4-3-7-21-11-14/h1-12H. The van der Waals surface area contributed by atoms with Crippen LogP contribution in [0.25, 0.3) is 43.5 Å². The molecule has 26 heavy (non-hydrogen) atoms. The summed E-state index contributed by atoms with van der Waals surface area (Å²) in [6.07, 6.45) is 8.85. The van der Waals surface area contributed by atoms with Gasteiger partial charge in [0.1, 0.15) is 10.7 Å². The highest BCUT2D eigenvalue weighted by Crippen LogP contribution is 2.35. The molecular formula is C20H12N4OS. The lowest BCUT2D eigenvalue weighted by Crippen LogP contribution is -1.90. The first-order valence-electron chi connectivity index (χ1n) is 8.05. The van der Waals surface area contributed by atoms with E-state index in [1.54, 1.807) is 30.0 Å². The average molecular weight is 356 g/mol. The maximum absolute atomic E-state index is 5.65. The van der Waals surface area contributed by atoms with Gasteiger partial charge in [-0.2, -0.15) is 0 Å². The maximum atomic E-state index is 5.65. The molecule has 0 N–H and O–H groups in total. The molecule has 0 amide bonds.